The van der Waals surface area contributed by atoms with Crippen LogP contribution < -0.4 is 9.47 Å². The molecule has 10 unspecified atom stereocenters. The standard InChI is InChI=1S/C90H62O57/c1-133-81(125)27-12-39(101)58(110)68(120)70(27)136-41-14-25-49(66(118)60(41)112)48-24(11-38(100)57(109)65(48)117)85(129)144-76-75(143-86(25)130)73(43(16-134-78(122)18-2-29(91)51(103)30(92)3-18)138-89(76)146-79(123)19-4-31(93)52(104)32(94)5-19)141-88(132)28-13-40(102)59(111)69(121)71(28)137-42-15-26-50(67(119)61(42)113)47-23(10-37(99)56(108)64(47)116)84(128)142-74-72-44(139-90(77(74)145-87(26)131)147-80(124)20-6-33(95)53(105)34(96)7-20)17-135-82(126)21-8-35(97)54(106)62(114)45(21)46-22(83(127)140-72)9-36(98)55(107)63(46)115/h2-15,43-44,72-77,89-121H,16-17H2,1H3. The number of aromatic hydroxyl groups is 31. The van der Waals surface area contributed by atoms with E-state index >= 15 is 28.8 Å². The van der Waals surface area contributed by atoms with Crippen LogP contribution in [0.5, 0.6) is 201 Å². The third-order valence-corrected chi connectivity index (χ3v) is 22.8. The quantitative estimate of drug-likeness (QED) is 0.0398. The highest BCUT2D eigenvalue weighted by Crippen LogP contribution is 2.61. The maximum atomic E-state index is 16.0. The molecule has 11 aromatic carbocycles. The van der Waals surface area contributed by atoms with Gasteiger partial charge in [0, 0.05) is 57.6 Å². The van der Waals surface area contributed by atoms with Crippen molar-refractivity contribution in [3.05, 3.63) is 146 Å². The van der Waals surface area contributed by atoms with Gasteiger partial charge in [-0.05, 0) is 60.7 Å². The summed E-state index contributed by atoms with van der Waals surface area (Å²) < 4.78 is 85.4. The highest BCUT2D eigenvalue weighted by molar-refractivity contribution is 6.13. The van der Waals surface area contributed by atoms with E-state index in [1.54, 1.807) is 0 Å². The largest absolute Gasteiger partial charge is 0.504 e. The van der Waals surface area contributed by atoms with E-state index < -0.39 is 436 Å². The molecule has 5 aliphatic rings. The molecule has 5 aliphatic heterocycles. The summed E-state index contributed by atoms with van der Waals surface area (Å²) in [6.45, 7) is -3.29. The van der Waals surface area contributed by atoms with Gasteiger partial charge in [-0.1, -0.05) is 0 Å². The lowest BCUT2D eigenvalue weighted by Gasteiger charge is -2.44. The minimum Gasteiger partial charge on any atom is -0.504 e. The summed E-state index contributed by atoms with van der Waals surface area (Å²) in [4.78, 5) is 165. The first-order valence-corrected chi connectivity index (χ1v) is 40.6. The molecular formula is C90H62O57. The van der Waals surface area contributed by atoms with Crippen LogP contribution in [-0.2, 0) is 61.6 Å². The van der Waals surface area contributed by atoms with Crippen molar-refractivity contribution in [3.63, 3.8) is 0 Å². The Morgan fingerprint density at radius 1 is 0.272 bits per heavy atom. The van der Waals surface area contributed by atoms with Crippen LogP contribution in [0, 0.1) is 0 Å². The van der Waals surface area contributed by atoms with E-state index in [2.05, 4.69) is 4.74 Å². The highest BCUT2D eigenvalue weighted by Gasteiger charge is 2.59. The number of phenols is 31. The van der Waals surface area contributed by atoms with Crippen LogP contribution in [0.1, 0.15) is 114 Å². The number of fused-ring (bicyclic) bond motifs is 13. The Labute approximate surface area is 807 Å². The molecule has 2 fully saturated rings. The van der Waals surface area contributed by atoms with Crippen LogP contribution in [0.15, 0.2) is 84.9 Å². The summed E-state index contributed by atoms with van der Waals surface area (Å²) in [5.41, 5.74) is -23.1. The van der Waals surface area contributed by atoms with E-state index in [-0.39, 0.29) is 36.4 Å². The number of phenolic OH excluding ortho intramolecular Hbond substituents is 31. The minimum absolute atomic E-state index is 0.0100. The summed E-state index contributed by atoms with van der Waals surface area (Å²) in [5, 5.41) is 345. The normalized spacial score (nSPS) is 18.8. The zero-order chi connectivity index (χ0) is 107. The Kier molecular flexibility index (Phi) is 24.6. The molecule has 11 aromatic rings. The molecule has 0 spiro atoms. The average Bonchev–Trinajstić information content (AvgIpc) is 1.23. The summed E-state index contributed by atoms with van der Waals surface area (Å²) in [5.74, 6) is -77.4. The fraction of sp³-hybridized carbons (Fsp3) is 0.144. The predicted molar refractivity (Wildman–Crippen MR) is 455 cm³/mol. The number of benzene rings is 11. The Hall–Kier alpha value is -21.1. The minimum atomic E-state index is -3.19. The van der Waals surface area contributed by atoms with E-state index in [9.17, 15) is 182 Å². The summed E-state index contributed by atoms with van der Waals surface area (Å²) in [7, 11) is 0.713. The van der Waals surface area contributed by atoms with E-state index in [0.29, 0.717) is 55.6 Å². The maximum absolute atomic E-state index is 16.0. The number of methoxy groups -OCH3 is 1. The van der Waals surface area contributed by atoms with Crippen LogP contribution in [-0.4, -0.2) is 306 Å². The van der Waals surface area contributed by atoms with Gasteiger partial charge in [-0.15, -0.1) is 0 Å². The Morgan fingerprint density at radius 3 is 0.912 bits per heavy atom. The molecule has 0 bridgehead atoms. The topological polar surface area (TPSA) is 953 Å². The smallest absolute Gasteiger partial charge is 0.342 e. The first-order valence-electron chi connectivity index (χ1n) is 40.6. The monoisotopic (exact) mass is 2050 g/mol. The van der Waals surface area contributed by atoms with Gasteiger partial charge in [0.05, 0.1) is 57.2 Å². The van der Waals surface area contributed by atoms with Gasteiger partial charge in [0.2, 0.25) is 82.3 Å². The molecule has 0 radical (unpaired) electrons. The molecule has 0 saturated carbocycles. The molecule has 0 amide bonds. The Bertz CT molecular complexity index is 7570. The third-order valence-electron chi connectivity index (χ3n) is 22.8. The number of carbonyl (C=O) groups excluding carboxylic acids is 11. The average molecular weight is 2060 g/mol. The van der Waals surface area contributed by atoms with Gasteiger partial charge >= 0.3 is 65.7 Å². The Morgan fingerprint density at radius 2 is 0.551 bits per heavy atom. The van der Waals surface area contributed by atoms with Gasteiger partial charge in [0.1, 0.15) is 36.5 Å². The van der Waals surface area contributed by atoms with Gasteiger partial charge in [-0.25, -0.2) is 52.7 Å². The lowest BCUT2D eigenvalue weighted by atomic mass is 9.90. The summed E-state index contributed by atoms with van der Waals surface area (Å²) >= 11 is 0. The van der Waals surface area contributed by atoms with Crippen molar-refractivity contribution in [1.82, 2.24) is 0 Å². The number of cyclic esters (lactones) is 1. The van der Waals surface area contributed by atoms with Crippen molar-refractivity contribution >= 4 is 65.7 Å². The highest BCUT2D eigenvalue weighted by atomic mass is 16.8. The number of ether oxygens (including phenoxy) is 15. The molecule has 10 atom stereocenters. The van der Waals surface area contributed by atoms with Crippen molar-refractivity contribution in [2.24, 2.45) is 0 Å². The van der Waals surface area contributed by atoms with Gasteiger partial charge in [-0.2, -0.15) is 0 Å². The molecule has 57 heteroatoms. The van der Waals surface area contributed by atoms with Crippen LogP contribution in [0.25, 0.3) is 33.4 Å². The Balaban J connectivity index is 0.868. The third kappa shape index (κ3) is 16.8. The van der Waals surface area contributed by atoms with Crippen LogP contribution in [0.3, 0.4) is 0 Å². The lowest BCUT2D eigenvalue weighted by Crippen LogP contribution is -2.63. The second-order valence-electron chi connectivity index (χ2n) is 31.6. The van der Waals surface area contributed by atoms with Gasteiger partial charge in [0.25, 0.3) is 0 Å². The molecule has 0 aliphatic carbocycles. The molecular weight excluding hydrogens is 1990 g/mol. The SMILES string of the molecule is COC(=O)c1cc(O)c(O)c(O)c1Oc1cc2c(c(O)c1O)-c1c(cc(O)c(O)c1O)C(=O)OC1C(OC(=O)c3cc(O)c(O)c(O)c3)OC(COC(=O)c3cc(O)c(O)c(O)c3)C(OC(=O)c3cc(O)c(O)c(O)c3Oc3cc4c(c(O)c3O)-c3c(cc(O)c(O)c3O)C(=O)OC3C5OC(=O)c6cc(O)c(O)c(O)c6-c6c(cc(O)c(O)c6O)C(=O)OCC5OC(OC(=O)c5cc(O)c(O)c(O)c5)C3OC4=O)C1OC2=O. The van der Waals surface area contributed by atoms with Gasteiger partial charge in [0.15, 0.2) is 168 Å². The lowest BCUT2D eigenvalue weighted by molar-refractivity contribution is -0.283. The van der Waals surface area contributed by atoms with Crippen LogP contribution in [0.2, 0.25) is 0 Å². The zero-order valence-corrected chi connectivity index (χ0v) is 72.2. The number of carbonyl (C=O) groups is 11. The number of hydrogen-bond donors (Lipinski definition) is 31. The van der Waals surface area contributed by atoms with Crippen molar-refractivity contribution in [1.29, 1.82) is 0 Å². The van der Waals surface area contributed by atoms with E-state index in [1.807, 2.05) is 0 Å². The maximum Gasteiger partial charge on any atom is 0.342 e. The van der Waals surface area contributed by atoms with Crippen LogP contribution >= 0.6 is 0 Å². The van der Waals surface area contributed by atoms with Crippen molar-refractivity contribution in [2.75, 3.05) is 20.3 Å². The van der Waals surface area contributed by atoms with Crippen molar-refractivity contribution in [2.45, 2.75) is 61.4 Å². The van der Waals surface area contributed by atoms with E-state index in [4.69, 9.17) is 66.3 Å². The van der Waals surface area contributed by atoms with Gasteiger partial charge in [-0.3, -0.25) is 0 Å². The fourth-order valence-electron chi connectivity index (χ4n) is 15.7. The fourth-order valence-corrected chi connectivity index (χ4v) is 15.7. The zero-order valence-electron chi connectivity index (χ0n) is 72.2. The first-order chi connectivity index (χ1) is 69.2. The van der Waals surface area contributed by atoms with E-state index in [1.165, 1.54) is 0 Å². The first kappa shape index (κ1) is 98.9. The summed E-state index contributed by atoms with van der Waals surface area (Å²) in [6, 6.07) is 3.91. The number of esters is 11. The predicted octanol–water partition coefficient (Wildman–Crippen LogP) is 4.70. The molecule has 764 valence electrons. The molecule has 16 rings (SSSR count). The van der Waals surface area contributed by atoms with E-state index in [0.717, 1.165) is 0 Å². The number of rotatable bonds is 14. The number of hydrogen-bond acceptors (Lipinski definition) is 57. The second-order valence-corrected chi connectivity index (χ2v) is 31.6. The summed E-state index contributed by atoms with van der Waals surface area (Å²) in [6.07, 6.45) is -29.6. The van der Waals surface area contributed by atoms with Gasteiger partial charge < -0.3 is 229 Å². The second kappa shape index (κ2) is 36.6. The molecule has 147 heavy (non-hydrogen) atoms. The van der Waals surface area contributed by atoms with Crippen molar-refractivity contribution in [3.8, 4) is 235 Å². The van der Waals surface area contributed by atoms with Crippen LogP contribution in [0.4, 0.5) is 0 Å². The molecule has 57 nitrogen and oxygen atoms in total. The van der Waals surface area contributed by atoms with Crippen molar-refractivity contribution < 1.29 is 282 Å². The molecule has 0 aromatic heterocycles. The molecule has 5 heterocycles. The molecule has 2 saturated heterocycles. The molecule has 31 N–H and O–H groups in total.